The zero-order chi connectivity index (χ0) is 32.1. The first kappa shape index (κ1) is 32.1. The zero-order valence-corrected chi connectivity index (χ0v) is 26.1. The van der Waals surface area contributed by atoms with Crippen LogP contribution in [0.15, 0.2) is 48.5 Å². The number of hydrogen-bond acceptors (Lipinski definition) is 10. The highest BCUT2D eigenvalue weighted by Crippen LogP contribution is 2.59. The van der Waals surface area contributed by atoms with Gasteiger partial charge in [-0.1, -0.05) is 44.2 Å². The molecule has 3 aromatic carbocycles. The van der Waals surface area contributed by atoms with Gasteiger partial charge in [0, 0.05) is 47.1 Å². The fraction of sp³-hybridized carbons (Fsp3) is 0.353. The maximum Gasteiger partial charge on any atom is 0.331 e. The number of carbonyl (C=O) groups excluding carboxylic acids is 2. The van der Waals surface area contributed by atoms with E-state index in [1.54, 1.807) is 18.2 Å². The van der Waals surface area contributed by atoms with E-state index in [0.717, 1.165) is 5.56 Å². The van der Waals surface area contributed by atoms with Crippen LogP contribution in [0.3, 0.4) is 0 Å². The molecule has 10 nitrogen and oxygen atoms in total. The van der Waals surface area contributed by atoms with Gasteiger partial charge >= 0.3 is 11.9 Å². The van der Waals surface area contributed by atoms with Crippen molar-refractivity contribution in [3.63, 3.8) is 0 Å². The molecule has 10 heteroatoms. The Morgan fingerprint density at radius 2 is 1.23 bits per heavy atom. The Labute approximate surface area is 257 Å². The van der Waals surface area contributed by atoms with Crippen molar-refractivity contribution < 1.29 is 47.9 Å². The van der Waals surface area contributed by atoms with Crippen LogP contribution in [0.5, 0.6) is 34.5 Å². The second kappa shape index (κ2) is 13.6. The summed E-state index contributed by atoms with van der Waals surface area (Å²) < 4.78 is 40.5. The van der Waals surface area contributed by atoms with Gasteiger partial charge in [-0.05, 0) is 23.8 Å². The smallest absolute Gasteiger partial charge is 0.331 e. The Morgan fingerprint density at radius 3 is 1.75 bits per heavy atom. The summed E-state index contributed by atoms with van der Waals surface area (Å²) in [6.07, 6.45) is 1.19. The van der Waals surface area contributed by atoms with Gasteiger partial charge in [0.05, 0.1) is 35.5 Å². The topological polar surface area (TPSA) is 119 Å². The molecular weight excluding hydrogens is 568 g/mol. The lowest BCUT2D eigenvalue weighted by molar-refractivity contribution is -0.156. The molecular formula is C34H38O10. The quantitative estimate of drug-likeness (QED) is 0.220. The summed E-state index contributed by atoms with van der Waals surface area (Å²) in [6.45, 7) is 5.11. The third-order valence-corrected chi connectivity index (χ3v) is 7.93. The fourth-order valence-electron chi connectivity index (χ4n) is 5.67. The molecule has 0 saturated heterocycles. The van der Waals surface area contributed by atoms with Crippen LogP contribution in [0, 0.1) is 11.8 Å². The third kappa shape index (κ3) is 5.97. The first-order valence-corrected chi connectivity index (χ1v) is 14.0. The number of aromatic hydroxyl groups is 1. The van der Waals surface area contributed by atoms with Gasteiger partial charge in [0.1, 0.15) is 12.2 Å². The summed E-state index contributed by atoms with van der Waals surface area (Å²) >= 11 is 0. The highest BCUT2D eigenvalue weighted by atomic mass is 16.6. The Bertz CT molecular complexity index is 1550. The molecule has 4 atom stereocenters. The van der Waals surface area contributed by atoms with Gasteiger partial charge < -0.3 is 38.3 Å². The average Bonchev–Trinajstić information content (AvgIpc) is 3.03. The van der Waals surface area contributed by atoms with Crippen molar-refractivity contribution in [1.29, 1.82) is 0 Å². The Kier molecular flexibility index (Phi) is 9.93. The molecule has 3 aromatic rings. The highest BCUT2D eigenvalue weighted by molar-refractivity contribution is 5.90. The predicted molar refractivity (Wildman–Crippen MR) is 163 cm³/mol. The molecule has 1 N–H and O–H groups in total. The van der Waals surface area contributed by atoms with Gasteiger partial charge in [0.25, 0.3) is 0 Å². The van der Waals surface area contributed by atoms with E-state index in [1.807, 2.05) is 44.2 Å². The number of rotatable bonds is 9. The van der Waals surface area contributed by atoms with E-state index in [4.69, 9.17) is 33.2 Å². The van der Waals surface area contributed by atoms with Crippen LogP contribution >= 0.6 is 0 Å². The molecule has 0 spiro atoms. The molecule has 0 aromatic heterocycles. The molecule has 0 heterocycles. The first-order valence-electron chi connectivity index (χ1n) is 14.0. The second-order valence-corrected chi connectivity index (χ2v) is 10.4. The number of fused-ring (bicyclic) bond motifs is 3. The molecule has 0 aliphatic heterocycles. The molecule has 0 saturated carbocycles. The summed E-state index contributed by atoms with van der Waals surface area (Å²) in [5.74, 6) is -1.23. The number of methoxy groups -OCH3 is 5. The summed E-state index contributed by atoms with van der Waals surface area (Å²) in [5, 5.41) is 11.8. The van der Waals surface area contributed by atoms with Crippen LogP contribution in [-0.2, 0) is 19.1 Å². The minimum Gasteiger partial charge on any atom is -0.504 e. The SMILES string of the molecule is COc1cc2c(c(O)c1OC)-c1c(cc(OC)c(OC)c1OC)[C@@H](OC(C)=O)[C@H](C)[C@@H](C)[C@H]2OC(=O)/C=C/c1ccccc1. The van der Waals surface area contributed by atoms with Gasteiger partial charge in [-0.3, -0.25) is 4.79 Å². The van der Waals surface area contributed by atoms with Crippen molar-refractivity contribution >= 4 is 18.0 Å². The summed E-state index contributed by atoms with van der Waals surface area (Å²) in [7, 11) is 7.24. The van der Waals surface area contributed by atoms with Crippen molar-refractivity contribution in [3.05, 3.63) is 65.2 Å². The monoisotopic (exact) mass is 606 g/mol. The van der Waals surface area contributed by atoms with E-state index in [2.05, 4.69) is 0 Å². The lowest BCUT2D eigenvalue weighted by Crippen LogP contribution is -2.30. The van der Waals surface area contributed by atoms with Crippen LogP contribution in [0.25, 0.3) is 17.2 Å². The zero-order valence-electron chi connectivity index (χ0n) is 26.1. The number of phenols is 1. The van der Waals surface area contributed by atoms with Crippen LogP contribution in [0.1, 0.15) is 49.7 Å². The van der Waals surface area contributed by atoms with Crippen molar-refractivity contribution in [1.82, 2.24) is 0 Å². The van der Waals surface area contributed by atoms with Crippen LogP contribution in [0.2, 0.25) is 0 Å². The van der Waals surface area contributed by atoms with E-state index in [0.29, 0.717) is 22.4 Å². The number of hydrogen-bond donors (Lipinski definition) is 1. The molecule has 44 heavy (non-hydrogen) atoms. The highest BCUT2D eigenvalue weighted by Gasteiger charge is 2.43. The molecule has 0 bridgehead atoms. The standard InChI is InChI=1S/C34H38O10/c1-18-19(2)31(44-26(36)15-14-21-12-10-9-11-13-21)22-16-24(38-4)32(40-6)29(37)27(22)28-23(30(18)43-20(3)35)17-25(39-5)33(41-7)34(28)42-8/h9-19,30-31,37H,1-8H3/b15-14+/t18-,19-,30+,31-/m1/s1. The Hall–Kier alpha value is -4.86. The van der Waals surface area contributed by atoms with Gasteiger partial charge in [-0.15, -0.1) is 0 Å². The number of benzene rings is 3. The van der Waals surface area contributed by atoms with Crippen molar-refractivity contribution in [2.24, 2.45) is 11.8 Å². The van der Waals surface area contributed by atoms with Crippen LogP contribution < -0.4 is 23.7 Å². The molecule has 0 fully saturated rings. The van der Waals surface area contributed by atoms with Crippen molar-refractivity contribution in [3.8, 4) is 45.6 Å². The van der Waals surface area contributed by atoms with Crippen LogP contribution in [0.4, 0.5) is 0 Å². The molecule has 0 radical (unpaired) electrons. The van der Waals surface area contributed by atoms with Crippen LogP contribution in [-0.4, -0.2) is 52.6 Å². The minimum atomic E-state index is -0.942. The van der Waals surface area contributed by atoms with Crippen molar-refractivity contribution in [2.45, 2.75) is 33.0 Å². The summed E-state index contributed by atoms with van der Waals surface area (Å²) in [5.41, 5.74) is 2.32. The summed E-state index contributed by atoms with van der Waals surface area (Å²) in [6, 6.07) is 12.7. The average molecular weight is 607 g/mol. The van der Waals surface area contributed by atoms with Gasteiger partial charge in [-0.25, -0.2) is 4.79 Å². The maximum atomic E-state index is 13.3. The van der Waals surface area contributed by atoms with E-state index >= 15 is 0 Å². The van der Waals surface area contributed by atoms with Gasteiger partial charge in [0.15, 0.2) is 23.0 Å². The Balaban J connectivity index is 2.08. The molecule has 1 aliphatic rings. The largest absolute Gasteiger partial charge is 0.504 e. The van der Waals surface area contributed by atoms with Gasteiger partial charge in [0.2, 0.25) is 11.5 Å². The summed E-state index contributed by atoms with van der Waals surface area (Å²) in [4.78, 5) is 25.8. The van der Waals surface area contributed by atoms with Crippen molar-refractivity contribution in [2.75, 3.05) is 35.5 Å². The number of phenolic OH excluding ortho intramolecular Hbond substituents is 1. The van der Waals surface area contributed by atoms with Gasteiger partial charge in [-0.2, -0.15) is 0 Å². The molecule has 0 unspecified atom stereocenters. The normalized spacial score (nSPS) is 19.1. The number of carbonyl (C=O) groups is 2. The molecule has 0 amide bonds. The second-order valence-electron chi connectivity index (χ2n) is 10.4. The lowest BCUT2D eigenvalue weighted by atomic mass is 9.74. The maximum absolute atomic E-state index is 13.3. The van der Waals surface area contributed by atoms with E-state index in [9.17, 15) is 14.7 Å². The predicted octanol–water partition coefficient (Wildman–Crippen LogP) is 6.29. The Morgan fingerprint density at radius 1 is 0.705 bits per heavy atom. The number of esters is 2. The molecule has 234 valence electrons. The number of ether oxygens (including phenoxy) is 7. The minimum absolute atomic E-state index is 0.0494. The third-order valence-electron chi connectivity index (χ3n) is 7.93. The first-order chi connectivity index (χ1) is 21.1. The molecule has 1 aliphatic carbocycles. The lowest BCUT2D eigenvalue weighted by Gasteiger charge is -2.38. The van der Waals surface area contributed by atoms with E-state index < -0.39 is 36.0 Å². The van der Waals surface area contributed by atoms with E-state index in [1.165, 1.54) is 48.5 Å². The molecule has 4 rings (SSSR count). The van der Waals surface area contributed by atoms with E-state index in [-0.39, 0.29) is 34.3 Å². The fourth-order valence-corrected chi connectivity index (χ4v) is 5.67.